The zero-order chi connectivity index (χ0) is 22.0. The predicted octanol–water partition coefficient (Wildman–Crippen LogP) is 4.56. The van der Waals surface area contributed by atoms with Crippen molar-refractivity contribution < 1.29 is 4.79 Å². The number of hydrogen-bond donors (Lipinski definition) is 1. The summed E-state index contributed by atoms with van der Waals surface area (Å²) in [6, 6.07) is 8.47. The lowest BCUT2D eigenvalue weighted by Crippen LogP contribution is -2.51. The van der Waals surface area contributed by atoms with Crippen LogP contribution in [0.2, 0.25) is 0 Å². The van der Waals surface area contributed by atoms with Crippen molar-refractivity contribution in [3.8, 4) is 0 Å². The van der Waals surface area contributed by atoms with Crippen LogP contribution in [0, 0.1) is 0 Å². The average Bonchev–Trinajstić information content (AvgIpc) is 3.16. The van der Waals surface area contributed by atoms with Gasteiger partial charge in [0.05, 0.1) is 5.92 Å². The minimum atomic E-state index is -0.176. The Kier molecular flexibility index (Phi) is 10.4. The number of hydrogen-bond acceptors (Lipinski definition) is 5. The Balaban J connectivity index is 0.00000193. The number of aromatic nitrogens is 2. The van der Waals surface area contributed by atoms with Gasteiger partial charge in [0.25, 0.3) is 0 Å². The second-order valence-electron chi connectivity index (χ2n) is 8.98. The average molecular weight is 559 g/mol. The second-order valence-corrected chi connectivity index (χ2v) is 9.89. The Morgan fingerprint density at radius 1 is 1.12 bits per heavy atom. The van der Waals surface area contributed by atoms with Gasteiger partial charge in [0, 0.05) is 54.5 Å². The van der Waals surface area contributed by atoms with Crippen LogP contribution < -0.4 is 10.2 Å². The number of halogens is 3. The van der Waals surface area contributed by atoms with Gasteiger partial charge in [-0.25, -0.2) is 9.97 Å². The van der Waals surface area contributed by atoms with E-state index >= 15 is 0 Å². The normalized spacial score (nSPS) is 18.4. The molecule has 2 atom stereocenters. The highest BCUT2D eigenvalue weighted by molar-refractivity contribution is 9.10. The van der Waals surface area contributed by atoms with E-state index < -0.39 is 0 Å². The highest BCUT2D eigenvalue weighted by Crippen LogP contribution is 2.37. The number of rotatable bonds is 6. The molecule has 1 amide bonds. The van der Waals surface area contributed by atoms with Gasteiger partial charge in [-0.15, -0.1) is 24.8 Å². The summed E-state index contributed by atoms with van der Waals surface area (Å²) >= 11 is 3.50. The molecule has 2 aliphatic rings. The highest BCUT2D eigenvalue weighted by Gasteiger charge is 2.32. The molecule has 9 heteroatoms. The van der Waals surface area contributed by atoms with Crippen molar-refractivity contribution in [2.45, 2.75) is 51.5 Å². The molecule has 0 spiro atoms. The van der Waals surface area contributed by atoms with Gasteiger partial charge in [-0.3, -0.25) is 4.79 Å². The molecule has 0 saturated carbocycles. The molecule has 33 heavy (non-hydrogen) atoms. The molecule has 1 saturated heterocycles. The minimum Gasteiger partial charge on any atom is -0.353 e. The van der Waals surface area contributed by atoms with E-state index in [1.165, 1.54) is 11.3 Å². The summed E-state index contributed by atoms with van der Waals surface area (Å²) in [5.74, 6) is 1.62. The summed E-state index contributed by atoms with van der Waals surface area (Å²) in [6.07, 6.45) is 3.89. The van der Waals surface area contributed by atoms with Crippen molar-refractivity contribution in [1.82, 2.24) is 20.2 Å². The van der Waals surface area contributed by atoms with Gasteiger partial charge in [0.2, 0.25) is 5.91 Å². The summed E-state index contributed by atoms with van der Waals surface area (Å²) < 4.78 is 1.03. The molecule has 1 aliphatic heterocycles. The number of carbonyl (C=O) groups excluding carboxylic acids is 1. The SMILES string of the molecule is CC(C)NCC(C(=O)N1CCN(c2ncnc3c2[C@H](C)CC3)CC1)c1ccc(Br)cc1.Cl.Cl. The molecule has 0 bridgehead atoms. The molecule has 1 aliphatic carbocycles. The minimum absolute atomic E-state index is 0. The van der Waals surface area contributed by atoms with Crippen molar-refractivity contribution in [1.29, 1.82) is 0 Å². The van der Waals surface area contributed by atoms with Crippen LogP contribution in [0.3, 0.4) is 0 Å². The van der Waals surface area contributed by atoms with Crippen molar-refractivity contribution in [2.24, 2.45) is 0 Å². The van der Waals surface area contributed by atoms with E-state index in [0.29, 0.717) is 18.5 Å². The maximum Gasteiger partial charge on any atom is 0.231 e. The van der Waals surface area contributed by atoms with Crippen LogP contribution in [0.25, 0.3) is 0 Å². The van der Waals surface area contributed by atoms with E-state index in [1.54, 1.807) is 6.33 Å². The first-order chi connectivity index (χ1) is 14.9. The summed E-state index contributed by atoms with van der Waals surface area (Å²) in [5.41, 5.74) is 3.58. The fraction of sp³-hybridized carbons (Fsp3) is 0.542. The number of amides is 1. The molecule has 1 N–H and O–H groups in total. The van der Waals surface area contributed by atoms with Crippen LogP contribution in [0.1, 0.15) is 55.8 Å². The highest BCUT2D eigenvalue weighted by atomic mass is 79.9. The van der Waals surface area contributed by atoms with Crippen LogP contribution >= 0.6 is 40.7 Å². The molecule has 182 valence electrons. The lowest BCUT2D eigenvalue weighted by atomic mass is 9.96. The molecular formula is C24H34BrCl2N5O. The van der Waals surface area contributed by atoms with Crippen molar-refractivity contribution in [3.05, 3.63) is 51.9 Å². The van der Waals surface area contributed by atoms with Crippen molar-refractivity contribution in [2.75, 3.05) is 37.6 Å². The van der Waals surface area contributed by atoms with Crippen LogP contribution in [0.15, 0.2) is 35.1 Å². The van der Waals surface area contributed by atoms with Crippen molar-refractivity contribution >= 4 is 52.5 Å². The monoisotopic (exact) mass is 557 g/mol. The lowest BCUT2D eigenvalue weighted by Gasteiger charge is -2.38. The largest absolute Gasteiger partial charge is 0.353 e. The molecule has 1 fully saturated rings. The summed E-state index contributed by atoms with van der Waals surface area (Å²) in [6.45, 7) is 10.2. The quantitative estimate of drug-likeness (QED) is 0.563. The zero-order valence-electron chi connectivity index (χ0n) is 19.5. The van der Waals surface area contributed by atoms with E-state index in [0.717, 1.165) is 54.9 Å². The first-order valence-corrected chi connectivity index (χ1v) is 12.1. The summed E-state index contributed by atoms with van der Waals surface area (Å²) in [5, 5.41) is 3.46. The standard InChI is InChI=1S/C24H32BrN5O.2ClH/c1-16(2)26-14-20(18-5-7-19(25)8-6-18)24(31)30-12-10-29(11-13-30)23-22-17(3)4-9-21(22)27-15-28-23;;/h5-8,15-17,20,26H,4,9-14H2,1-3H3;2*1H/t17-,20?;;/m1../s1. The van der Waals surface area contributed by atoms with Gasteiger partial charge in [-0.05, 0) is 36.5 Å². The molecule has 0 radical (unpaired) electrons. The van der Waals surface area contributed by atoms with Gasteiger partial charge < -0.3 is 15.1 Å². The summed E-state index contributed by atoms with van der Waals surface area (Å²) in [4.78, 5) is 27.0. The maximum absolute atomic E-state index is 13.5. The second kappa shape index (κ2) is 12.3. The smallest absolute Gasteiger partial charge is 0.231 e. The molecule has 2 heterocycles. The number of benzene rings is 1. The molecule has 6 nitrogen and oxygen atoms in total. The van der Waals surface area contributed by atoms with E-state index in [9.17, 15) is 4.79 Å². The third kappa shape index (κ3) is 6.38. The van der Waals surface area contributed by atoms with E-state index in [4.69, 9.17) is 0 Å². The van der Waals surface area contributed by atoms with Crippen molar-refractivity contribution in [3.63, 3.8) is 0 Å². The van der Waals surface area contributed by atoms with Gasteiger partial charge in [-0.1, -0.05) is 48.8 Å². The molecule has 1 unspecified atom stereocenters. The number of nitrogens with one attached hydrogen (secondary N) is 1. The third-order valence-electron chi connectivity index (χ3n) is 6.44. The number of carbonyl (C=O) groups is 1. The van der Waals surface area contributed by atoms with Gasteiger partial charge in [0.1, 0.15) is 12.1 Å². The van der Waals surface area contributed by atoms with Gasteiger partial charge >= 0.3 is 0 Å². The van der Waals surface area contributed by atoms with Gasteiger partial charge in [-0.2, -0.15) is 0 Å². The number of anilines is 1. The topological polar surface area (TPSA) is 61.4 Å². The van der Waals surface area contributed by atoms with Crippen LogP contribution in [-0.4, -0.2) is 59.5 Å². The van der Waals surface area contributed by atoms with Crippen LogP contribution in [0.5, 0.6) is 0 Å². The predicted molar refractivity (Wildman–Crippen MR) is 142 cm³/mol. The molecule has 4 rings (SSSR count). The Morgan fingerprint density at radius 2 is 1.79 bits per heavy atom. The van der Waals surface area contributed by atoms with E-state index in [1.807, 2.05) is 17.0 Å². The third-order valence-corrected chi connectivity index (χ3v) is 6.97. The molecular weight excluding hydrogens is 525 g/mol. The first kappa shape index (κ1) is 27.8. The van der Waals surface area contributed by atoms with E-state index in [2.05, 4.69) is 69.0 Å². The fourth-order valence-electron chi connectivity index (χ4n) is 4.63. The Labute approximate surface area is 217 Å². The molecule has 2 aromatic rings. The Morgan fingerprint density at radius 3 is 2.42 bits per heavy atom. The summed E-state index contributed by atoms with van der Waals surface area (Å²) in [7, 11) is 0. The number of piperazine rings is 1. The lowest BCUT2D eigenvalue weighted by molar-refractivity contribution is -0.133. The first-order valence-electron chi connectivity index (χ1n) is 11.3. The number of fused-ring (bicyclic) bond motifs is 1. The Bertz CT molecular complexity index is 920. The zero-order valence-corrected chi connectivity index (χ0v) is 22.7. The number of nitrogens with zero attached hydrogens (tertiary/aromatic N) is 4. The fourth-order valence-corrected chi connectivity index (χ4v) is 4.89. The molecule has 1 aromatic heterocycles. The molecule has 1 aromatic carbocycles. The Hall–Kier alpha value is -1.41. The maximum atomic E-state index is 13.5. The number of aryl methyl sites for hydroxylation is 1. The van der Waals surface area contributed by atoms with Crippen LogP contribution in [0.4, 0.5) is 5.82 Å². The van der Waals surface area contributed by atoms with Crippen LogP contribution in [-0.2, 0) is 11.2 Å². The van der Waals surface area contributed by atoms with E-state index in [-0.39, 0.29) is 36.6 Å². The van der Waals surface area contributed by atoms with Gasteiger partial charge in [0.15, 0.2) is 0 Å².